The second kappa shape index (κ2) is 11.9. The third kappa shape index (κ3) is 6.76. The molecule has 2 N–H and O–H groups in total. The van der Waals surface area contributed by atoms with E-state index in [1.165, 1.54) is 6.07 Å². The summed E-state index contributed by atoms with van der Waals surface area (Å²) in [6, 6.07) is 23.0. The molecule has 37 heavy (non-hydrogen) atoms. The van der Waals surface area contributed by atoms with Gasteiger partial charge in [-0.15, -0.1) is 0 Å². The number of hydrogen-bond acceptors (Lipinski definition) is 4. The number of nitrogens with zero attached hydrogens (tertiary/aromatic N) is 1. The number of carbonyl (C=O) groups excluding carboxylic acids is 2. The predicted molar refractivity (Wildman–Crippen MR) is 136 cm³/mol. The smallest absolute Gasteiger partial charge is 0.270 e. The fourth-order valence-corrected chi connectivity index (χ4v) is 3.75. The molecule has 1 heterocycles. The van der Waals surface area contributed by atoms with Gasteiger partial charge in [0.15, 0.2) is 0 Å². The highest BCUT2D eigenvalue weighted by Gasteiger charge is 2.13. The standard InChI is InChI=1S/C29H25F2N3O3/c1-37-23-13-9-19(10-14-23)15-28(35)32-17-20-5-2-3-6-24(20)26-7-4-8-27(34-26)29(36)33-18-21-11-12-22(30)16-25(21)31/h2-14,16H,15,17-18H2,1H3,(H,32,35)(H,33,36). The van der Waals surface area contributed by atoms with Gasteiger partial charge in [-0.05, 0) is 41.5 Å². The summed E-state index contributed by atoms with van der Waals surface area (Å²) in [4.78, 5) is 29.6. The normalized spacial score (nSPS) is 10.6. The molecular weight excluding hydrogens is 476 g/mol. The van der Waals surface area contributed by atoms with Crippen molar-refractivity contribution in [3.05, 3.63) is 119 Å². The Morgan fingerprint density at radius 1 is 0.838 bits per heavy atom. The lowest BCUT2D eigenvalue weighted by Crippen LogP contribution is -2.25. The largest absolute Gasteiger partial charge is 0.497 e. The van der Waals surface area contributed by atoms with Crippen molar-refractivity contribution >= 4 is 11.8 Å². The maximum Gasteiger partial charge on any atom is 0.270 e. The molecule has 0 spiro atoms. The zero-order chi connectivity index (χ0) is 26.2. The monoisotopic (exact) mass is 501 g/mol. The molecule has 0 aliphatic carbocycles. The number of nitrogens with one attached hydrogen (secondary N) is 2. The lowest BCUT2D eigenvalue weighted by molar-refractivity contribution is -0.120. The van der Waals surface area contributed by atoms with Crippen molar-refractivity contribution in [1.29, 1.82) is 0 Å². The third-order valence-electron chi connectivity index (χ3n) is 5.73. The lowest BCUT2D eigenvalue weighted by atomic mass is 10.0. The number of ether oxygens (including phenoxy) is 1. The molecule has 0 atom stereocenters. The number of benzene rings is 3. The number of rotatable bonds is 9. The van der Waals surface area contributed by atoms with Crippen molar-refractivity contribution in [1.82, 2.24) is 15.6 Å². The SMILES string of the molecule is COc1ccc(CC(=O)NCc2ccccc2-c2cccc(C(=O)NCc3ccc(F)cc3F)n2)cc1. The number of amides is 2. The fourth-order valence-electron chi connectivity index (χ4n) is 3.75. The molecule has 0 saturated carbocycles. The van der Waals surface area contributed by atoms with Gasteiger partial charge in [-0.2, -0.15) is 0 Å². The highest BCUT2D eigenvalue weighted by Crippen LogP contribution is 2.22. The van der Waals surface area contributed by atoms with E-state index in [2.05, 4.69) is 15.6 Å². The van der Waals surface area contributed by atoms with Gasteiger partial charge < -0.3 is 15.4 Å². The summed E-state index contributed by atoms with van der Waals surface area (Å²) in [5.74, 6) is -1.31. The fraction of sp³-hybridized carbons (Fsp3) is 0.138. The number of hydrogen-bond donors (Lipinski definition) is 2. The van der Waals surface area contributed by atoms with Crippen LogP contribution in [0.15, 0.2) is 84.9 Å². The van der Waals surface area contributed by atoms with E-state index in [1.807, 2.05) is 48.5 Å². The van der Waals surface area contributed by atoms with Crippen LogP contribution in [0.3, 0.4) is 0 Å². The van der Waals surface area contributed by atoms with E-state index >= 15 is 0 Å². The number of methoxy groups -OCH3 is 1. The van der Waals surface area contributed by atoms with Gasteiger partial charge in [0, 0.05) is 30.3 Å². The lowest BCUT2D eigenvalue weighted by Gasteiger charge is -2.12. The summed E-state index contributed by atoms with van der Waals surface area (Å²) in [5.41, 5.74) is 3.35. The van der Waals surface area contributed by atoms with Gasteiger partial charge in [-0.1, -0.05) is 48.5 Å². The van der Waals surface area contributed by atoms with Gasteiger partial charge >= 0.3 is 0 Å². The average molecular weight is 502 g/mol. The minimum atomic E-state index is -0.732. The summed E-state index contributed by atoms with van der Waals surface area (Å²) < 4.78 is 32.1. The van der Waals surface area contributed by atoms with Crippen LogP contribution in [0.5, 0.6) is 5.75 Å². The van der Waals surface area contributed by atoms with E-state index < -0.39 is 17.5 Å². The van der Waals surface area contributed by atoms with Crippen molar-refractivity contribution in [2.45, 2.75) is 19.5 Å². The van der Waals surface area contributed by atoms with E-state index in [1.54, 1.807) is 25.3 Å². The van der Waals surface area contributed by atoms with Gasteiger partial charge in [0.2, 0.25) is 5.91 Å². The Labute approximate surface area is 213 Å². The van der Waals surface area contributed by atoms with Crippen molar-refractivity contribution in [3.8, 4) is 17.0 Å². The molecule has 1 aromatic heterocycles. The predicted octanol–water partition coefficient (Wildman–Crippen LogP) is 4.82. The number of aromatic nitrogens is 1. The molecule has 0 unspecified atom stereocenters. The van der Waals surface area contributed by atoms with Gasteiger partial charge in [0.05, 0.1) is 19.2 Å². The highest BCUT2D eigenvalue weighted by molar-refractivity contribution is 5.92. The van der Waals surface area contributed by atoms with Crippen molar-refractivity contribution in [2.75, 3.05) is 7.11 Å². The van der Waals surface area contributed by atoms with Crippen LogP contribution < -0.4 is 15.4 Å². The molecule has 0 radical (unpaired) electrons. The molecule has 2 amide bonds. The first-order valence-corrected chi connectivity index (χ1v) is 11.6. The highest BCUT2D eigenvalue weighted by atomic mass is 19.1. The summed E-state index contributed by atoms with van der Waals surface area (Å²) in [6.07, 6.45) is 0.231. The molecule has 188 valence electrons. The van der Waals surface area contributed by atoms with Crippen LogP contribution in [0.25, 0.3) is 11.3 Å². The second-order valence-electron chi connectivity index (χ2n) is 8.29. The summed E-state index contributed by atoms with van der Waals surface area (Å²) in [6.45, 7) is 0.181. The van der Waals surface area contributed by atoms with Crippen LogP contribution >= 0.6 is 0 Å². The van der Waals surface area contributed by atoms with Crippen LogP contribution in [0.1, 0.15) is 27.2 Å². The quantitative estimate of drug-likeness (QED) is 0.345. The number of carbonyl (C=O) groups is 2. The zero-order valence-electron chi connectivity index (χ0n) is 20.1. The van der Waals surface area contributed by atoms with Gasteiger partial charge in [0.1, 0.15) is 23.1 Å². The molecule has 0 saturated heterocycles. The Kier molecular flexibility index (Phi) is 8.20. The number of pyridine rings is 1. The first-order chi connectivity index (χ1) is 17.9. The van der Waals surface area contributed by atoms with Gasteiger partial charge in [-0.25, -0.2) is 13.8 Å². The minimum absolute atomic E-state index is 0.104. The van der Waals surface area contributed by atoms with Crippen molar-refractivity contribution < 1.29 is 23.1 Å². The Morgan fingerprint density at radius 3 is 2.35 bits per heavy atom. The molecular formula is C29H25F2N3O3. The molecule has 4 rings (SSSR count). The average Bonchev–Trinajstić information content (AvgIpc) is 2.92. The Bertz CT molecular complexity index is 1410. The molecule has 4 aromatic rings. The van der Waals surface area contributed by atoms with Crippen molar-refractivity contribution in [3.63, 3.8) is 0 Å². The molecule has 0 fully saturated rings. The van der Waals surface area contributed by atoms with Crippen LogP contribution in [0, 0.1) is 11.6 Å². The second-order valence-corrected chi connectivity index (χ2v) is 8.29. The molecule has 6 nitrogen and oxygen atoms in total. The van der Waals surface area contributed by atoms with E-state index in [-0.39, 0.29) is 36.7 Å². The number of halogens is 2. The van der Waals surface area contributed by atoms with Gasteiger partial charge in [-0.3, -0.25) is 9.59 Å². The molecule has 0 aliphatic heterocycles. The first-order valence-electron chi connectivity index (χ1n) is 11.6. The molecule has 0 bridgehead atoms. The van der Waals surface area contributed by atoms with E-state index in [0.717, 1.165) is 34.6 Å². The summed E-state index contributed by atoms with van der Waals surface area (Å²) >= 11 is 0. The Balaban J connectivity index is 1.42. The third-order valence-corrected chi connectivity index (χ3v) is 5.73. The van der Waals surface area contributed by atoms with E-state index in [9.17, 15) is 18.4 Å². The van der Waals surface area contributed by atoms with Crippen LogP contribution in [0.4, 0.5) is 8.78 Å². The maximum atomic E-state index is 13.9. The summed E-state index contributed by atoms with van der Waals surface area (Å²) in [7, 11) is 1.59. The first kappa shape index (κ1) is 25.5. The van der Waals surface area contributed by atoms with Crippen molar-refractivity contribution in [2.24, 2.45) is 0 Å². The molecule has 3 aromatic carbocycles. The molecule has 0 aliphatic rings. The van der Waals surface area contributed by atoms with E-state index in [4.69, 9.17) is 4.74 Å². The summed E-state index contributed by atoms with van der Waals surface area (Å²) in [5, 5.41) is 5.54. The van der Waals surface area contributed by atoms with Crippen LogP contribution in [0.2, 0.25) is 0 Å². The maximum absolute atomic E-state index is 13.9. The minimum Gasteiger partial charge on any atom is -0.497 e. The molecule has 8 heteroatoms. The van der Waals surface area contributed by atoms with Crippen LogP contribution in [-0.4, -0.2) is 23.9 Å². The Hall–Kier alpha value is -4.59. The topological polar surface area (TPSA) is 80.3 Å². The van der Waals surface area contributed by atoms with Gasteiger partial charge in [0.25, 0.3) is 5.91 Å². The van der Waals surface area contributed by atoms with E-state index in [0.29, 0.717) is 5.69 Å². The van der Waals surface area contributed by atoms with Crippen LogP contribution in [-0.2, 0) is 24.3 Å². The Morgan fingerprint density at radius 2 is 1.59 bits per heavy atom. The zero-order valence-corrected chi connectivity index (χ0v) is 20.1.